The van der Waals surface area contributed by atoms with E-state index in [4.69, 9.17) is 13.9 Å². The van der Waals surface area contributed by atoms with E-state index in [1.807, 2.05) is 43.3 Å². The number of carbonyl (C=O) groups is 1. The van der Waals surface area contributed by atoms with Gasteiger partial charge in [-0.1, -0.05) is 37.3 Å². The van der Waals surface area contributed by atoms with Gasteiger partial charge >= 0.3 is 0 Å². The van der Waals surface area contributed by atoms with E-state index in [0.717, 1.165) is 28.7 Å². The Hall–Kier alpha value is -3.28. The number of hydrogen-bond acceptors (Lipinski definition) is 5. The number of amides is 1. The number of rotatable bonds is 4. The first kappa shape index (κ1) is 16.2. The van der Waals surface area contributed by atoms with Crippen LogP contribution in [0.1, 0.15) is 18.2 Å². The third-order valence-corrected chi connectivity index (χ3v) is 4.20. The van der Waals surface area contributed by atoms with Crippen molar-refractivity contribution in [2.75, 3.05) is 6.61 Å². The normalized spacial score (nSPS) is 16.1. The Labute approximate surface area is 150 Å². The number of aryl methyl sites for hydroxylation is 1. The Kier molecular flexibility index (Phi) is 4.31. The molecule has 2 aromatic carbocycles. The SMILES string of the molecule is CCc1oc2ccccc2c1/C=N\NC(=O)[C@H]1COc2ccccc2O1. The predicted octanol–water partition coefficient (Wildman–Crippen LogP) is 3.29. The molecule has 0 unspecified atom stereocenters. The van der Waals surface area contributed by atoms with Crippen molar-refractivity contribution >= 4 is 23.1 Å². The lowest BCUT2D eigenvalue weighted by Crippen LogP contribution is -2.42. The van der Waals surface area contributed by atoms with Crippen molar-refractivity contribution in [3.05, 3.63) is 59.9 Å². The van der Waals surface area contributed by atoms with Crippen LogP contribution in [0.2, 0.25) is 0 Å². The largest absolute Gasteiger partial charge is 0.485 e. The minimum atomic E-state index is -0.742. The molecule has 0 radical (unpaired) electrons. The van der Waals surface area contributed by atoms with Crippen LogP contribution >= 0.6 is 0 Å². The van der Waals surface area contributed by atoms with Gasteiger partial charge in [0.25, 0.3) is 5.91 Å². The van der Waals surface area contributed by atoms with E-state index in [-0.39, 0.29) is 12.5 Å². The fourth-order valence-electron chi connectivity index (χ4n) is 2.90. The molecule has 1 aliphatic rings. The van der Waals surface area contributed by atoms with Gasteiger partial charge in [0.1, 0.15) is 18.0 Å². The van der Waals surface area contributed by atoms with Gasteiger partial charge in [-0.2, -0.15) is 5.10 Å². The minimum absolute atomic E-state index is 0.146. The number of carbonyl (C=O) groups excluding carboxylic acids is 1. The number of hydrogen-bond donors (Lipinski definition) is 1. The highest BCUT2D eigenvalue weighted by atomic mass is 16.6. The van der Waals surface area contributed by atoms with E-state index < -0.39 is 6.10 Å². The topological polar surface area (TPSA) is 73.1 Å². The first-order chi connectivity index (χ1) is 12.8. The van der Waals surface area contributed by atoms with Crippen molar-refractivity contribution < 1.29 is 18.7 Å². The van der Waals surface area contributed by atoms with Crippen molar-refractivity contribution in [2.45, 2.75) is 19.4 Å². The van der Waals surface area contributed by atoms with Crippen LogP contribution in [-0.2, 0) is 11.2 Å². The molecule has 0 bridgehead atoms. The lowest BCUT2D eigenvalue weighted by molar-refractivity contribution is -0.130. The number of nitrogens with zero attached hydrogens (tertiary/aromatic N) is 1. The molecular weight excluding hydrogens is 332 g/mol. The quantitative estimate of drug-likeness (QED) is 0.579. The highest BCUT2D eigenvalue weighted by Gasteiger charge is 2.27. The second kappa shape index (κ2) is 6.92. The number of fused-ring (bicyclic) bond motifs is 2. The Balaban J connectivity index is 1.47. The van der Waals surface area contributed by atoms with Gasteiger partial charge in [0.15, 0.2) is 11.5 Å². The van der Waals surface area contributed by atoms with Crippen LogP contribution in [0, 0.1) is 0 Å². The number of furan rings is 1. The summed E-state index contributed by atoms with van der Waals surface area (Å²) in [4.78, 5) is 12.3. The van der Waals surface area contributed by atoms with Crippen molar-refractivity contribution in [1.82, 2.24) is 5.43 Å². The van der Waals surface area contributed by atoms with Crippen LogP contribution in [0.15, 0.2) is 58.0 Å². The van der Waals surface area contributed by atoms with Gasteiger partial charge < -0.3 is 13.9 Å². The predicted molar refractivity (Wildman–Crippen MR) is 97.7 cm³/mol. The molecule has 0 spiro atoms. The maximum absolute atomic E-state index is 12.3. The highest BCUT2D eigenvalue weighted by Crippen LogP contribution is 2.30. The average molecular weight is 350 g/mol. The molecular formula is C20H18N2O4. The molecule has 1 N–H and O–H groups in total. The summed E-state index contributed by atoms with van der Waals surface area (Å²) in [6.45, 7) is 2.16. The summed E-state index contributed by atoms with van der Waals surface area (Å²) in [5.41, 5.74) is 4.19. The molecule has 0 saturated carbocycles. The third-order valence-electron chi connectivity index (χ3n) is 4.20. The molecule has 1 amide bonds. The molecule has 2 heterocycles. The van der Waals surface area contributed by atoms with Gasteiger partial charge in [0.05, 0.1) is 6.21 Å². The number of benzene rings is 2. The minimum Gasteiger partial charge on any atom is -0.485 e. The molecule has 6 nitrogen and oxygen atoms in total. The van der Waals surface area contributed by atoms with Crippen LogP contribution < -0.4 is 14.9 Å². The van der Waals surface area contributed by atoms with E-state index in [1.165, 1.54) is 0 Å². The molecule has 26 heavy (non-hydrogen) atoms. The zero-order valence-electron chi connectivity index (χ0n) is 14.3. The fraction of sp³-hybridized carbons (Fsp3) is 0.200. The Morgan fingerprint density at radius 3 is 2.81 bits per heavy atom. The van der Waals surface area contributed by atoms with Gasteiger partial charge in [-0.3, -0.25) is 4.79 Å². The van der Waals surface area contributed by atoms with Gasteiger partial charge in [-0.05, 0) is 18.2 Å². The second-order valence-corrected chi connectivity index (χ2v) is 5.89. The monoisotopic (exact) mass is 350 g/mol. The van der Waals surface area contributed by atoms with Crippen LogP contribution in [0.5, 0.6) is 11.5 Å². The van der Waals surface area contributed by atoms with E-state index in [2.05, 4.69) is 10.5 Å². The van der Waals surface area contributed by atoms with Crippen molar-refractivity contribution in [1.29, 1.82) is 0 Å². The molecule has 4 rings (SSSR count). The zero-order valence-corrected chi connectivity index (χ0v) is 14.3. The van der Waals surface area contributed by atoms with Crippen molar-refractivity contribution in [3.8, 4) is 11.5 Å². The Bertz CT molecular complexity index is 977. The van der Waals surface area contributed by atoms with Crippen molar-refractivity contribution in [3.63, 3.8) is 0 Å². The maximum Gasteiger partial charge on any atom is 0.284 e. The van der Waals surface area contributed by atoms with E-state index >= 15 is 0 Å². The summed E-state index contributed by atoms with van der Waals surface area (Å²) < 4.78 is 17.0. The maximum atomic E-state index is 12.3. The van der Waals surface area contributed by atoms with Crippen LogP contribution in [-0.4, -0.2) is 24.8 Å². The van der Waals surface area contributed by atoms with Gasteiger partial charge in [0, 0.05) is 17.4 Å². The number of ether oxygens (including phenoxy) is 2. The molecule has 1 aromatic heterocycles. The van der Waals surface area contributed by atoms with Gasteiger partial charge in [0.2, 0.25) is 6.10 Å². The summed E-state index contributed by atoms with van der Waals surface area (Å²) in [6, 6.07) is 15.0. The van der Waals surface area contributed by atoms with E-state index in [1.54, 1.807) is 18.3 Å². The standard InChI is InChI=1S/C20H18N2O4/c1-2-15-14(13-7-3-4-8-16(13)25-15)11-21-22-20(23)19-12-24-17-9-5-6-10-18(17)26-19/h3-11,19H,2,12H2,1H3,(H,22,23)/b21-11-/t19-/m1/s1. The summed E-state index contributed by atoms with van der Waals surface area (Å²) in [6.07, 6.45) is 1.61. The summed E-state index contributed by atoms with van der Waals surface area (Å²) in [7, 11) is 0. The lowest BCUT2D eigenvalue weighted by atomic mass is 10.1. The molecule has 3 aromatic rings. The summed E-state index contributed by atoms with van der Waals surface area (Å²) >= 11 is 0. The molecule has 0 saturated heterocycles. The highest BCUT2D eigenvalue weighted by molar-refractivity contribution is 5.99. The van der Waals surface area contributed by atoms with Crippen molar-refractivity contribution in [2.24, 2.45) is 5.10 Å². The Morgan fingerprint density at radius 2 is 1.96 bits per heavy atom. The molecule has 1 aliphatic heterocycles. The molecule has 6 heteroatoms. The van der Waals surface area contributed by atoms with Crippen LogP contribution in [0.25, 0.3) is 11.0 Å². The average Bonchev–Trinajstić information content (AvgIpc) is 3.05. The number of hydrazone groups is 1. The molecule has 1 atom stereocenters. The van der Waals surface area contributed by atoms with E-state index in [0.29, 0.717) is 11.5 Å². The summed E-state index contributed by atoms with van der Waals surface area (Å²) in [5, 5.41) is 5.05. The summed E-state index contributed by atoms with van der Waals surface area (Å²) in [5.74, 6) is 1.66. The second-order valence-electron chi connectivity index (χ2n) is 5.89. The smallest absolute Gasteiger partial charge is 0.284 e. The first-order valence-electron chi connectivity index (χ1n) is 8.48. The van der Waals surface area contributed by atoms with Crippen LogP contribution in [0.3, 0.4) is 0 Å². The van der Waals surface area contributed by atoms with E-state index in [9.17, 15) is 4.79 Å². The fourth-order valence-corrected chi connectivity index (χ4v) is 2.90. The first-order valence-corrected chi connectivity index (χ1v) is 8.48. The number of para-hydroxylation sites is 3. The lowest BCUT2D eigenvalue weighted by Gasteiger charge is -2.24. The van der Waals surface area contributed by atoms with Gasteiger partial charge in [-0.25, -0.2) is 5.43 Å². The molecule has 132 valence electrons. The van der Waals surface area contributed by atoms with Gasteiger partial charge in [-0.15, -0.1) is 0 Å². The Morgan fingerprint density at radius 1 is 1.19 bits per heavy atom. The third kappa shape index (κ3) is 3.01. The zero-order chi connectivity index (χ0) is 17.9. The molecule has 0 fully saturated rings. The molecule has 0 aliphatic carbocycles. The number of nitrogens with one attached hydrogen (secondary N) is 1. The van der Waals surface area contributed by atoms with Crippen LogP contribution in [0.4, 0.5) is 0 Å².